The van der Waals surface area contributed by atoms with Gasteiger partial charge in [-0.2, -0.15) is 0 Å². The normalized spacial score (nSPS) is 19.5. The van der Waals surface area contributed by atoms with Crippen molar-refractivity contribution in [2.24, 2.45) is 11.8 Å². The average Bonchev–Trinajstić information content (AvgIpc) is 3.18. The second kappa shape index (κ2) is 8.98. The maximum Gasteiger partial charge on any atom is 0.238 e. The van der Waals surface area contributed by atoms with E-state index in [1.807, 2.05) is 12.1 Å². The second-order valence-electron chi connectivity index (χ2n) is 8.17. The van der Waals surface area contributed by atoms with E-state index in [4.69, 9.17) is 4.42 Å². The lowest BCUT2D eigenvalue weighted by Crippen LogP contribution is -2.23. The third kappa shape index (κ3) is 4.89. The van der Waals surface area contributed by atoms with Crippen LogP contribution in [0.5, 0.6) is 0 Å². The van der Waals surface area contributed by atoms with Gasteiger partial charge in [0.1, 0.15) is 11.5 Å². The van der Waals surface area contributed by atoms with Gasteiger partial charge in [-0.25, -0.2) is 13.8 Å². The largest absolute Gasteiger partial charge is 0.439 e. The molecule has 0 aliphatic heterocycles. The van der Waals surface area contributed by atoms with Gasteiger partial charge in [0.15, 0.2) is 11.7 Å². The molecule has 0 amide bonds. The van der Waals surface area contributed by atoms with Crippen molar-refractivity contribution in [3.05, 3.63) is 42.3 Å². The number of nitrogens with zero attached hydrogens (tertiary/aromatic N) is 3. The zero-order chi connectivity index (χ0) is 21.1. The van der Waals surface area contributed by atoms with Crippen molar-refractivity contribution in [1.29, 1.82) is 0 Å². The molecule has 3 aromatic rings. The second-order valence-corrected chi connectivity index (χ2v) is 8.17. The number of carbonyl (C=O) groups is 1. The van der Waals surface area contributed by atoms with Gasteiger partial charge in [-0.3, -0.25) is 14.8 Å². The number of aryl methyl sites for hydroxylation is 1. The molecule has 158 valence electrons. The maximum atomic E-state index is 12.8. The van der Waals surface area contributed by atoms with E-state index in [0.717, 1.165) is 42.1 Å². The fourth-order valence-corrected chi connectivity index (χ4v) is 4.25. The van der Waals surface area contributed by atoms with Crippen molar-refractivity contribution < 1.29 is 18.0 Å². The predicted octanol–water partition coefficient (Wildman–Crippen LogP) is 5.56. The van der Waals surface area contributed by atoms with Crippen molar-refractivity contribution in [2.45, 2.75) is 58.3 Å². The van der Waals surface area contributed by atoms with Gasteiger partial charge in [0.2, 0.25) is 6.43 Å². The maximum absolute atomic E-state index is 12.8. The quantitative estimate of drug-likeness (QED) is 0.507. The Morgan fingerprint density at radius 2 is 1.83 bits per heavy atom. The Labute approximate surface area is 173 Å². The number of fused-ring (bicyclic) bond motifs is 1. The Balaban J connectivity index is 1.40. The molecule has 30 heavy (non-hydrogen) atoms. The van der Waals surface area contributed by atoms with Crippen LogP contribution in [0.2, 0.25) is 0 Å². The van der Waals surface area contributed by atoms with Crippen LogP contribution in [0.25, 0.3) is 22.2 Å². The molecule has 1 fully saturated rings. The lowest BCUT2D eigenvalue weighted by atomic mass is 9.77. The first kappa shape index (κ1) is 20.6. The smallest absolute Gasteiger partial charge is 0.238 e. The van der Waals surface area contributed by atoms with Gasteiger partial charge < -0.3 is 4.42 Å². The summed E-state index contributed by atoms with van der Waals surface area (Å²) in [6.07, 6.45) is 7.02. The van der Waals surface area contributed by atoms with Crippen LogP contribution in [0, 0.1) is 18.8 Å². The van der Waals surface area contributed by atoms with Crippen molar-refractivity contribution in [3.63, 3.8) is 0 Å². The van der Waals surface area contributed by atoms with Crippen LogP contribution < -0.4 is 0 Å². The molecular formula is C23H25F2N3O2. The highest BCUT2D eigenvalue weighted by atomic mass is 19.3. The highest BCUT2D eigenvalue weighted by Gasteiger charge is 2.26. The van der Waals surface area contributed by atoms with Crippen LogP contribution in [0.4, 0.5) is 8.78 Å². The molecule has 0 N–H and O–H groups in total. The number of halogens is 2. The van der Waals surface area contributed by atoms with Gasteiger partial charge in [0, 0.05) is 49.2 Å². The molecule has 4 rings (SSSR count). The number of carbonyl (C=O) groups excluding carboxylic acids is 1. The summed E-state index contributed by atoms with van der Waals surface area (Å²) in [5.41, 5.74) is 1.42. The fraction of sp³-hybridized carbons (Fsp3) is 0.478. The van der Waals surface area contributed by atoms with E-state index in [1.165, 1.54) is 0 Å². The number of hydrogen-bond donors (Lipinski definition) is 0. The number of pyridine rings is 2. The summed E-state index contributed by atoms with van der Waals surface area (Å²) in [6.45, 7) is 1.78. The van der Waals surface area contributed by atoms with E-state index in [0.29, 0.717) is 36.1 Å². The molecule has 1 aliphatic carbocycles. The number of ketones is 1. The van der Waals surface area contributed by atoms with Crippen LogP contribution in [-0.4, -0.2) is 27.2 Å². The molecule has 0 radical (unpaired) electrons. The molecule has 0 atom stereocenters. The number of hydrogen-bond acceptors (Lipinski definition) is 5. The molecule has 0 bridgehead atoms. The topological polar surface area (TPSA) is 68.9 Å². The van der Waals surface area contributed by atoms with Crippen LogP contribution in [0.3, 0.4) is 0 Å². The summed E-state index contributed by atoms with van der Waals surface area (Å²) < 4.78 is 30.3. The van der Waals surface area contributed by atoms with E-state index >= 15 is 0 Å². The monoisotopic (exact) mass is 413 g/mol. The lowest BCUT2D eigenvalue weighted by Gasteiger charge is -2.27. The number of aromatic nitrogens is 3. The summed E-state index contributed by atoms with van der Waals surface area (Å²) in [5.74, 6) is 1.71. The van der Waals surface area contributed by atoms with E-state index in [-0.39, 0.29) is 18.1 Å². The molecule has 0 unspecified atom stereocenters. The highest BCUT2D eigenvalue weighted by Crippen LogP contribution is 2.33. The first-order valence-electron chi connectivity index (χ1n) is 10.5. The Morgan fingerprint density at radius 1 is 1.07 bits per heavy atom. The minimum Gasteiger partial charge on any atom is -0.439 e. The third-order valence-electron chi connectivity index (χ3n) is 5.98. The van der Waals surface area contributed by atoms with Gasteiger partial charge in [0.05, 0.1) is 6.20 Å². The first-order chi connectivity index (χ1) is 14.5. The minimum atomic E-state index is -2.23. The molecule has 0 aromatic carbocycles. The standard InChI is InChI=1S/C23H25F2N3O2/c1-14-26-13-22(30-14)20-9-17-8-19(27-11-18(17)12-28-20)10-21(29)16-5-2-15(3-6-16)4-7-23(24)25/h8-9,11-13,15-16,23H,2-7,10H2,1H3. The summed E-state index contributed by atoms with van der Waals surface area (Å²) in [5, 5.41) is 1.84. The Bertz CT molecular complexity index is 1030. The summed E-state index contributed by atoms with van der Waals surface area (Å²) >= 11 is 0. The van der Waals surface area contributed by atoms with Gasteiger partial charge in [-0.15, -0.1) is 0 Å². The number of Topliss-reactive ketones (excluding diaryl/α,β-unsaturated/α-hetero) is 1. The average molecular weight is 413 g/mol. The van der Waals surface area contributed by atoms with Crippen molar-refractivity contribution in [3.8, 4) is 11.5 Å². The van der Waals surface area contributed by atoms with Crippen molar-refractivity contribution >= 4 is 16.6 Å². The minimum absolute atomic E-state index is 0.00969. The van der Waals surface area contributed by atoms with Gasteiger partial charge in [-0.1, -0.05) is 0 Å². The van der Waals surface area contributed by atoms with Crippen molar-refractivity contribution in [2.75, 3.05) is 0 Å². The fourth-order valence-electron chi connectivity index (χ4n) is 4.25. The van der Waals surface area contributed by atoms with Crippen LogP contribution >= 0.6 is 0 Å². The summed E-state index contributed by atoms with van der Waals surface area (Å²) in [6, 6.07) is 3.84. The zero-order valence-corrected chi connectivity index (χ0v) is 17.0. The zero-order valence-electron chi connectivity index (χ0n) is 17.0. The third-order valence-corrected chi connectivity index (χ3v) is 5.98. The Kier molecular flexibility index (Phi) is 6.16. The number of oxazole rings is 1. The van der Waals surface area contributed by atoms with E-state index < -0.39 is 6.43 Å². The molecule has 3 aromatic heterocycles. The first-order valence-corrected chi connectivity index (χ1v) is 10.5. The SMILES string of the molecule is Cc1ncc(-c2cc3cc(CC(=O)C4CCC(CCC(F)F)CC4)ncc3cn2)o1. The lowest BCUT2D eigenvalue weighted by molar-refractivity contribution is -0.123. The van der Waals surface area contributed by atoms with E-state index in [1.54, 1.807) is 25.5 Å². The molecule has 0 spiro atoms. The number of alkyl halides is 2. The molecule has 0 saturated heterocycles. The number of rotatable bonds is 7. The van der Waals surface area contributed by atoms with Gasteiger partial charge >= 0.3 is 0 Å². The summed E-state index contributed by atoms with van der Waals surface area (Å²) in [4.78, 5) is 25.7. The Hall–Kier alpha value is -2.70. The molecule has 5 nitrogen and oxygen atoms in total. The van der Waals surface area contributed by atoms with Gasteiger partial charge in [-0.05, 0) is 55.5 Å². The molecule has 3 heterocycles. The highest BCUT2D eigenvalue weighted by molar-refractivity contribution is 5.87. The van der Waals surface area contributed by atoms with Crippen molar-refractivity contribution in [1.82, 2.24) is 15.0 Å². The molecular weight excluding hydrogens is 388 g/mol. The van der Waals surface area contributed by atoms with E-state index in [9.17, 15) is 13.6 Å². The van der Waals surface area contributed by atoms with Gasteiger partial charge in [0.25, 0.3) is 0 Å². The Morgan fingerprint density at radius 3 is 2.53 bits per heavy atom. The molecule has 1 aliphatic rings. The van der Waals surface area contributed by atoms with Crippen LogP contribution in [0.1, 0.15) is 50.1 Å². The van der Waals surface area contributed by atoms with Crippen LogP contribution in [-0.2, 0) is 11.2 Å². The van der Waals surface area contributed by atoms with E-state index in [2.05, 4.69) is 15.0 Å². The summed E-state index contributed by atoms with van der Waals surface area (Å²) in [7, 11) is 0. The predicted molar refractivity (Wildman–Crippen MR) is 109 cm³/mol. The molecule has 1 saturated carbocycles. The molecule has 7 heteroatoms. The van der Waals surface area contributed by atoms with Crippen LogP contribution in [0.15, 0.2) is 35.1 Å².